The number of furan rings is 1. The molecular weight excluding hydrogens is 464 g/mol. The third-order valence-corrected chi connectivity index (χ3v) is 8.46. The Morgan fingerprint density at radius 3 is 2.09 bits per heavy atom. The summed E-state index contributed by atoms with van der Waals surface area (Å²) in [6.07, 6.45) is 0. The highest BCUT2D eigenvalue weighted by molar-refractivity contribution is 7.93. The summed E-state index contributed by atoms with van der Waals surface area (Å²) in [5, 5.41) is 6.03. The van der Waals surface area contributed by atoms with E-state index in [9.17, 15) is 21.6 Å². The van der Waals surface area contributed by atoms with E-state index in [2.05, 4.69) is 0 Å². The van der Waals surface area contributed by atoms with Crippen LogP contribution in [0.1, 0.15) is 21.5 Å². The molecule has 0 fully saturated rings. The van der Waals surface area contributed by atoms with Crippen molar-refractivity contribution >= 4 is 36.7 Å². The van der Waals surface area contributed by atoms with Gasteiger partial charge in [0.2, 0.25) is 25.8 Å². The van der Waals surface area contributed by atoms with Gasteiger partial charge in [-0.15, -0.1) is 0 Å². The standard InChI is InChI=1S/C23H20N2O6S2/c1-13-11-16(18-12-15-7-3-4-8-17(15)31-18)22(14(2)21(13)23(24)26)32(27,28)19-9-5-6-10-20(19)33(25,29)30/h3-12H,1-2H3,(H2,24,26)(H2,25,29,30). The molecule has 10 heteroatoms. The molecule has 33 heavy (non-hydrogen) atoms. The van der Waals surface area contributed by atoms with E-state index in [4.69, 9.17) is 15.3 Å². The molecule has 1 aromatic heterocycles. The van der Waals surface area contributed by atoms with Crippen LogP contribution in [0.5, 0.6) is 0 Å². The van der Waals surface area contributed by atoms with Crippen molar-refractivity contribution < 1.29 is 26.0 Å². The molecule has 0 atom stereocenters. The Labute approximate surface area is 190 Å². The van der Waals surface area contributed by atoms with Crippen molar-refractivity contribution in [1.82, 2.24) is 0 Å². The monoisotopic (exact) mass is 484 g/mol. The fraction of sp³-hybridized carbons (Fsp3) is 0.0870. The number of nitrogens with two attached hydrogens (primary N) is 2. The van der Waals surface area contributed by atoms with E-state index in [1.165, 1.54) is 25.1 Å². The Hall–Kier alpha value is -3.47. The maximum absolute atomic E-state index is 13.9. The maximum Gasteiger partial charge on any atom is 0.249 e. The molecule has 0 radical (unpaired) electrons. The second-order valence-corrected chi connectivity index (χ2v) is 11.0. The van der Waals surface area contributed by atoms with Gasteiger partial charge in [0.25, 0.3) is 0 Å². The number of primary amides is 1. The minimum atomic E-state index is -4.50. The van der Waals surface area contributed by atoms with Crippen LogP contribution >= 0.6 is 0 Å². The molecule has 3 aromatic carbocycles. The van der Waals surface area contributed by atoms with Gasteiger partial charge in [0, 0.05) is 16.5 Å². The topological polar surface area (TPSA) is 151 Å². The lowest BCUT2D eigenvalue weighted by Gasteiger charge is -2.18. The third kappa shape index (κ3) is 3.82. The zero-order valence-corrected chi connectivity index (χ0v) is 19.3. The first-order chi connectivity index (χ1) is 15.4. The zero-order chi connectivity index (χ0) is 24.1. The number of hydrogen-bond donors (Lipinski definition) is 2. The number of fused-ring (bicyclic) bond motifs is 1. The summed E-state index contributed by atoms with van der Waals surface area (Å²) in [7, 11) is -8.86. The first-order valence-corrected chi connectivity index (χ1v) is 12.8. The molecule has 4 aromatic rings. The predicted octanol–water partition coefficient (Wildman–Crippen LogP) is 3.30. The minimum absolute atomic E-state index is 0.0292. The molecular formula is C23H20N2O6S2. The number of aryl methyl sites for hydroxylation is 1. The summed E-state index contributed by atoms with van der Waals surface area (Å²) in [5.74, 6) is -0.567. The minimum Gasteiger partial charge on any atom is -0.456 e. The molecule has 0 saturated carbocycles. The van der Waals surface area contributed by atoms with Crippen molar-refractivity contribution in [3.8, 4) is 11.3 Å². The first kappa shape index (κ1) is 22.7. The normalized spacial score (nSPS) is 12.2. The van der Waals surface area contributed by atoms with Crippen LogP contribution in [0.3, 0.4) is 0 Å². The molecule has 1 amide bonds. The van der Waals surface area contributed by atoms with Crippen LogP contribution in [0.15, 0.2) is 79.8 Å². The number of rotatable bonds is 5. The number of benzene rings is 3. The van der Waals surface area contributed by atoms with Gasteiger partial charge in [0.15, 0.2) is 0 Å². The average molecular weight is 485 g/mol. The van der Waals surface area contributed by atoms with Crippen molar-refractivity contribution in [2.75, 3.05) is 0 Å². The fourth-order valence-electron chi connectivity index (χ4n) is 4.01. The third-order valence-electron chi connectivity index (χ3n) is 5.37. The van der Waals surface area contributed by atoms with E-state index in [-0.39, 0.29) is 27.3 Å². The number of primary sulfonamides is 1. The van der Waals surface area contributed by atoms with Crippen LogP contribution in [-0.2, 0) is 19.9 Å². The van der Waals surface area contributed by atoms with Crippen molar-refractivity contribution in [2.45, 2.75) is 28.5 Å². The van der Waals surface area contributed by atoms with Gasteiger partial charge in [-0.25, -0.2) is 22.0 Å². The highest BCUT2D eigenvalue weighted by atomic mass is 32.2. The number of amides is 1. The lowest BCUT2D eigenvalue weighted by Crippen LogP contribution is -2.20. The van der Waals surface area contributed by atoms with Crippen molar-refractivity contribution in [2.24, 2.45) is 10.9 Å². The largest absolute Gasteiger partial charge is 0.456 e. The van der Waals surface area contributed by atoms with Crippen LogP contribution in [-0.4, -0.2) is 22.7 Å². The van der Waals surface area contributed by atoms with E-state index < -0.39 is 35.6 Å². The summed E-state index contributed by atoms with van der Waals surface area (Å²) in [6.45, 7) is 3.08. The van der Waals surface area contributed by atoms with Crippen LogP contribution in [0.25, 0.3) is 22.3 Å². The molecule has 1 heterocycles. The van der Waals surface area contributed by atoms with Gasteiger partial charge in [-0.3, -0.25) is 4.79 Å². The summed E-state index contributed by atoms with van der Waals surface area (Å²) < 4.78 is 58.0. The lowest BCUT2D eigenvalue weighted by atomic mass is 9.97. The second kappa shape index (κ2) is 7.84. The highest BCUT2D eigenvalue weighted by Gasteiger charge is 2.33. The SMILES string of the molecule is Cc1cc(-c2cc3ccccc3o2)c(S(=O)(=O)c2ccccc2S(N)(=O)=O)c(C)c1C(N)=O. The van der Waals surface area contributed by atoms with Crippen LogP contribution in [0.4, 0.5) is 0 Å². The summed E-state index contributed by atoms with van der Waals surface area (Å²) in [5.41, 5.74) is 6.82. The molecule has 8 nitrogen and oxygen atoms in total. The molecule has 0 aliphatic heterocycles. The van der Waals surface area contributed by atoms with E-state index in [1.54, 1.807) is 25.1 Å². The van der Waals surface area contributed by atoms with Crippen molar-refractivity contribution in [1.29, 1.82) is 0 Å². The quantitative estimate of drug-likeness (QED) is 0.444. The molecule has 0 aliphatic rings. The Bertz CT molecular complexity index is 1620. The Morgan fingerprint density at radius 2 is 1.48 bits per heavy atom. The summed E-state index contributed by atoms with van der Waals surface area (Å²) in [4.78, 5) is 10.8. The number of para-hydroxylation sites is 1. The van der Waals surface area contributed by atoms with E-state index >= 15 is 0 Å². The zero-order valence-electron chi connectivity index (χ0n) is 17.7. The van der Waals surface area contributed by atoms with Crippen LogP contribution in [0.2, 0.25) is 0 Å². The molecule has 0 unspecified atom stereocenters. The van der Waals surface area contributed by atoms with Gasteiger partial charge in [-0.05, 0) is 55.3 Å². The molecule has 0 spiro atoms. The molecule has 4 N–H and O–H groups in total. The van der Waals surface area contributed by atoms with E-state index in [0.717, 1.165) is 17.5 Å². The number of sulfone groups is 1. The Kier molecular flexibility index (Phi) is 5.39. The average Bonchev–Trinajstić information content (AvgIpc) is 3.16. The summed E-state index contributed by atoms with van der Waals surface area (Å²) >= 11 is 0. The molecule has 0 aliphatic carbocycles. The highest BCUT2D eigenvalue weighted by Crippen LogP contribution is 2.40. The molecule has 4 rings (SSSR count). The van der Waals surface area contributed by atoms with Gasteiger partial charge in [0.05, 0.1) is 9.79 Å². The van der Waals surface area contributed by atoms with Gasteiger partial charge < -0.3 is 10.2 Å². The smallest absolute Gasteiger partial charge is 0.249 e. The van der Waals surface area contributed by atoms with Crippen LogP contribution < -0.4 is 10.9 Å². The Balaban J connectivity index is 2.14. The van der Waals surface area contributed by atoms with Crippen LogP contribution in [0, 0.1) is 13.8 Å². The number of carbonyl (C=O) groups is 1. The van der Waals surface area contributed by atoms with Gasteiger partial charge in [-0.2, -0.15) is 0 Å². The van der Waals surface area contributed by atoms with Gasteiger partial charge in [0.1, 0.15) is 16.2 Å². The first-order valence-electron chi connectivity index (χ1n) is 9.73. The number of sulfonamides is 1. The van der Waals surface area contributed by atoms with Crippen molar-refractivity contribution in [3.05, 3.63) is 77.4 Å². The van der Waals surface area contributed by atoms with Gasteiger partial charge >= 0.3 is 0 Å². The summed E-state index contributed by atoms with van der Waals surface area (Å²) in [6, 6.07) is 15.3. The fourth-order valence-corrected chi connectivity index (χ4v) is 7.06. The molecule has 0 saturated heterocycles. The predicted molar refractivity (Wildman–Crippen MR) is 123 cm³/mol. The number of hydrogen-bond acceptors (Lipinski definition) is 6. The van der Waals surface area contributed by atoms with E-state index in [1.807, 2.05) is 12.1 Å². The lowest BCUT2D eigenvalue weighted by molar-refractivity contribution is 0.0999. The molecule has 170 valence electrons. The van der Waals surface area contributed by atoms with Crippen molar-refractivity contribution in [3.63, 3.8) is 0 Å². The number of carbonyl (C=O) groups excluding carboxylic acids is 1. The van der Waals surface area contributed by atoms with Gasteiger partial charge in [-0.1, -0.05) is 30.3 Å². The maximum atomic E-state index is 13.9. The molecule has 0 bridgehead atoms. The van der Waals surface area contributed by atoms with E-state index in [0.29, 0.717) is 11.1 Å². The second-order valence-electron chi connectivity index (χ2n) is 7.58. The Morgan fingerprint density at radius 1 is 0.879 bits per heavy atom.